The highest BCUT2D eigenvalue weighted by Gasteiger charge is 2.24. The van der Waals surface area contributed by atoms with E-state index in [1.807, 2.05) is 12.1 Å². The van der Waals surface area contributed by atoms with E-state index in [1.54, 1.807) is 7.11 Å². The van der Waals surface area contributed by atoms with Crippen molar-refractivity contribution >= 4 is 5.69 Å². The summed E-state index contributed by atoms with van der Waals surface area (Å²) in [7, 11) is 1.75. The topological polar surface area (TPSA) is 33.7 Å². The van der Waals surface area contributed by atoms with Crippen LogP contribution in [0, 0.1) is 0 Å². The Balaban J connectivity index is 2.22. The quantitative estimate of drug-likeness (QED) is 0.880. The van der Waals surface area contributed by atoms with Crippen molar-refractivity contribution in [1.29, 1.82) is 0 Å². The SMILES string of the molecule is COCC1CNCCN1c1ccccc1OC(C)C. The number of para-hydroxylation sites is 2. The van der Waals surface area contributed by atoms with E-state index in [-0.39, 0.29) is 6.10 Å². The summed E-state index contributed by atoms with van der Waals surface area (Å²) < 4.78 is 11.3. The number of benzene rings is 1. The van der Waals surface area contributed by atoms with E-state index in [2.05, 4.69) is 36.2 Å². The van der Waals surface area contributed by atoms with Crippen LogP contribution in [0.2, 0.25) is 0 Å². The predicted molar refractivity (Wildman–Crippen MR) is 78.1 cm³/mol. The molecule has 0 aromatic heterocycles. The van der Waals surface area contributed by atoms with Gasteiger partial charge >= 0.3 is 0 Å². The molecular weight excluding hydrogens is 240 g/mol. The average Bonchev–Trinajstić information content (AvgIpc) is 2.40. The van der Waals surface area contributed by atoms with Crippen molar-refractivity contribution in [3.8, 4) is 5.75 Å². The van der Waals surface area contributed by atoms with Crippen LogP contribution in [-0.2, 0) is 4.74 Å². The molecule has 0 amide bonds. The van der Waals surface area contributed by atoms with Crippen LogP contribution in [0.15, 0.2) is 24.3 Å². The van der Waals surface area contributed by atoms with Crippen molar-refractivity contribution in [3.05, 3.63) is 24.3 Å². The van der Waals surface area contributed by atoms with Gasteiger partial charge in [0.2, 0.25) is 0 Å². The van der Waals surface area contributed by atoms with Crippen LogP contribution in [0.25, 0.3) is 0 Å². The molecule has 106 valence electrons. The van der Waals surface area contributed by atoms with Crippen molar-refractivity contribution in [1.82, 2.24) is 5.32 Å². The maximum absolute atomic E-state index is 5.92. The minimum Gasteiger partial charge on any atom is -0.489 e. The molecule has 1 aromatic rings. The number of hydrogen-bond donors (Lipinski definition) is 1. The monoisotopic (exact) mass is 264 g/mol. The fourth-order valence-corrected chi connectivity index (χ4v) is 2.47. The Kier molecular flexibility index (Phi) is 5.05. The van der Waals surface area contributed by atoms with Crippen LogP contribution < -0.4 is 15.0 Å². The lowest BCUT2D eigenvalue weighted by Gasteiger charge is -2.38. The van der Waals surface area contributed by atoms with Crippen LogP contribution in [0.3, 0.4) is 0 Å². The zero-order valence-electron chi connectivity index (χ0n) is 12.1. The average molecular weight is 264 g/mol. The molecule has 1 saturated heterocycles. The van der Waals surface area contributed by atoms with Gasteiger partial charge in [0.25, 0.3) is 0 Å². The first-order chi connectivity index (χ1) is 9.22. The van der Waals surface area contributed by atoms with E-state index in [9.17, 15) is 0 Å². The van der Waals surface area contributed by atoms with Gasteiger partial charge in [-0.25, -0.2) is 0 Å². The standard InChI is InChI=1S/C15H24N2O2/c1-12(2)19-15-7-5-4-6-14(15)17-9-8-16-10-13(17)11-18-3/h4-7,12-13,16H,8-11H2,1-3H3. The molecule has 1 aliphatic rings. The number of hydrogen-bond acceptors (Lipinski definition) is 4. The van der Waals surface area contributed by atoms with Crippen molar-refractivity contribution in [2.75, 3.05) is 38.3 Å². The van der Waals surface area contributed by atoms with Crippen LogP contribution >= 0.6 is 0 Å². The molecule has 1 N–H and O–H groups in total. The molecule has 2 rings (SSSR count). The molecule has 1 unspecified atom stereocenters. The molecule has 0 saturated carbocycles. The summed E-state index contributed by atoms with van der Waals surface area (Å²) in [5.74, 6) is 0.959. The summed E-state index contributed by atoms with van der Waals surface area (Å²) in [6.07, 6.45) is 0.185. The maximum atomic E-state index is 5.92. The van der Waals surface area contributed by atoms with Gasteiger partial charge in [0.05, 0.1) is 24.4 Å². The van der Waals surface area contributed by atoms with Crippen LogP contribution in [0.1, 0.15) is 13.8 Å². The van der Waals surface area contributed by atoms with Gasteiger partial charge in [0.1, 0.15) is 5.75 Å². The molecule has 1 aliphatic heterocycles. The Bertz CT molecular complexity index is 393. The minimum atomic E-state index is 0.185. The molecule has 1 atom stereocenters. The van der Waals surface area contributed by atoms with Gasteiger partial charge in [-0.3, -0.25) is 0 Å². The number of piperazine rings is 1. The van der Waals surface area contributed by atoms with Crippen molar-refractivity contribution in [2.24, 2.45) is 0 Å². The van der Waals surface area contributed by atoms with Crippen LogP contribution in [0.4, 0.5) is 5.69 Å². The lowest BCUT2D eigenvalue weighted by atomic mass is 10.1. The summed E-state index contributed by atoms with van der Waals surface area (Å²) in [4.78, 5) is 2.39. The number of anilines is 1. The molecule has 0 spiro atoms. The fraction of sp³-hybridized carbons (Fsp3) is 0.600. The second kappa shape index (κ2) is 6.78. The van der Waals surface area contributed by atoms with E-state index in [0.717, 1.165) is 32.0 Å². The van der Waals surface area contributed by atoms with E-state index in [1.165, 1.54) is 5.69 Å². The van der Waals surface area contributed by atoms with Gasteiger partial charge in [-0.05, 0) is 26.0 Å². The number of nitrogens with one attached hydrogen (secondary N) is 1. The van der Waals surface area contributed by atoms with Gasteiger partial charge in [-0.15, -0.1) is 0 Å². The molecule has 1 aromatic carbocycles. The molecular formula is C15H24N2O2. The summed E-state index contributed by atoms with van der Waals surface area (Å²) in [6, 6.07) is 8.62. The summed E-state index contributed by atoms with van der Waals surface area (Å²) in [6.45, 7) is 7.76. The van der Waals surface area contributed by atoms with Crippen molar-refractivity contribution < 1.29 is 9.47 Å². The highest BCUT2D eigenvalue weighted by molar-refractivity contribution is 5.59. The van der Waals surface area contributed by atoms with Crippen LogP contribution in [-0.4, -0.2) is 45.5 Å². The van der Waals surface area contributed by atoms with E-state index < -0.39 is 0 Å². The van der Waals surface area contributed by atoms with E-state index in [4.69, 9.17) is 9.47 Å². The largest absolute Gasteiger partial charge is 0.489 e. The molecule has 0 radical (unpaired) electrons. The molecule has 0 bridgehead atoms. The normalized spacial score (nSPS) is 19.8. The summed E-state index contributed by atoms with van der Waals surface area (Å²) in [5, 5.41) is 3.42. The maximum Gasteiger partial charge on any atom is 0.142 e. The first-order valence-corrected chi connectivity index (χ1v) is 6.94. The second-order valence-electron chi connectivity index (χ2n) is 5.14. The Morgan fingerprint density at radius 1 is 1.37 bits per heavy atom. The summed E-state index contributed by atoms with van der Waals surface area (Å²) in [5.41, 5.74) is 1.17. The van der Waals surface area contributed by atoms with Crippen molar-refractivity contribution in [3.63, 3.8) is 0 Å². The lowest BCUT2D eigenvalue weighted by Crippen LogP contribution is -2.53. The molecule has 1 fully saturated rings. The zero-order valence-corrected chi connectivity index (χ0v) is 12.1. The minimum absolute atomic E-state index is 0.185. The zero-order chi connectivity index (χ0) is 13.7. The Morgan fingerprint density at radius 3 is 2.89 bits per heavy atom. The highest BCUT2D eigenvalue weighted by Crippen LogP contribution is 2.30. The number of methoxy groups -OCH3 is 1. The number of nitrogens with zero attached hydrogens (tertiary/aromatic N) is 1. The Morgan fingerprint density at radius 2 is 2.16 bits per heavy atom. The molecule has 4 nitrogen and oxygen atoms in total. The smallest absolute Gasteiger partial charge is 0.142 e. The highest BCUT2D eigenvalue weighted by atomic mass is 16.5. The molecule has 1 heterocycles. The lowest BCUT2D eigenvalue weighted by molar-refractivity contribution is 0.169. The van der Waals surface area contributed by atoms with Crippen molar-refractivity contribution in [2.45, 2.75) is 26.0 Å². The van der Waals surface area contributed by atoms with Gasteiger partial charge in [-0.2, -0.15) is 0 Å². The van der Waals surface area contributed by atoms with Crippen LogP contribution in [0.5, 0.6) is 5.75 Å². The third-order valence-electron chi connectivity index (χ3n) is 3.25. The Labute approximate surface area is 115 Å². The van der Waals surface area contributed by atoms with Gasteiger partial charge < -0.3 is 19.7 Å². The first kappa shape index (κ1) is 14.2. The van der Waals surface area contributed by atoms with Gasteiger partial charge in [0, 0.05) is 26.7 Å². The predicted octanol–water partition coefficient (Wildman–Crippen LogP) is 1.90. The van der Waals surface area contributed by atoms with E-state index >= 15 is 0 Å². The number of ether oxygens (including phenoxy) is 2. The molecule has 0 aliphatic carbocycles. The first-order valence-electron chi connectivity index (χ1n) is 6.94. The van der Waals surface area contributed by atoms with Gasteiger partial charge in [0.15, 0.2) is 0 Å². The third-order valence-corrected chi connectivity index (χ3v) is 3.25. The van der Waals surface area contributed by atoms with Gasteiger partial charge in [-0.1, -0.05) is 12.1 Å². The van der Waals surface area contributed by atoms with E-state index in [0.29, 0.717) is 6.04 Å². The second-order valence-corrected chi connectivity index (χ2v) is 5.14. The molecule has 19 heavy (non-hydrogen) atoms. The Hall–Kier alpha value is -1.26. The number of rotatable bonds is 5. The summed E-state index contributed by atoms with van der Waals surface area (Å²) >= 11 is 0. The third kappa shape index (κ3) is 3.61. The fourth-order valence-electron chi connectivity index (χ4n) is 2.47. The molecule has 4 heteroatoms.